The number of rotatable bonds is 6. The van der Waals surface area contributed by atoms with Crippen LogP contribution in [0.3, 0.4) is 0 Å². The van der Waals surface area contributed by atoms with E-state index in [2.05, 4.69) is 5.32 Å². The van der Waals surface area contributed by atoms with E-state index in [1.54, 1.807) is 6.07 Å². The standard InChI is InChI=1S/C14H18ClNO4S/c15-11-5-3-10(21-11)4-6-12(17)16-13(14(18)19)9-2-1-7-20-8-9/h3,5,9,13H,1-2,4,6-8H2,(H,16,17)(H,18,19). The number of halogens is 1. The van der Waals surface area contributed by atoms with Gasteiger partial charge in [-0.25, -0.2) is 4.79 Å². The molecule has 0 radical (unpaired) electrons. The third-order valence-electron chi connectivity index (χ3n) is 3.48. The third kappa shape index (κ3) is 4.98. The fourth-order valence-electron chi connectivity index (χ4n) is 2.38. The van der Waals surface area contributed by atoms with Gasteiger partial charge in [0.25, 0.3) is 0 Å². The van der Waals surface area contributed by atoms with Crippen LogP contribution in [0.15, 0.2) is 12.1 Å². The zero-order valence-corrected chi connectivity index (χ0v) is 13.1. The van der Waals surface area contributed by atoms with Gasteiger partial charge in [-0.3, -0.25) is 4.79 Å². The Morgan fingerprint density at radius 2 is 2.33 bits per heavy atom. The number of thiophene rings is 1. The maximum Gasteiger partial charge on any atom is 0.326 e. The molecule has 2 unspecified atom stereocenters. The van der Waals surface area contributed by atoms with Crippen LogP contribution in [0, 0.1) is 5.92 Å². The Bertz CT molecular complexity index is 499. The smallest absolute Gasteiger partial charge is 0.326 e. The van der Waals surface area contributed by atoms with Gasteiger partial charge in [0.15, 0.2) is 0 Å². The van der Waals surface area contributed by atoms with Crippen molar-refractivity contribution in [3.8, 4) is 0 Å². The highest BCUT2D eigenvalue weighted by atomic mass is 35.5. The lowest BCUT2D eigenvalue weighted by Crippen LogP contribution is -2.48. The Morgan fingerprint density at radius 3 is 2.90 bits per heavy atom. The van der Waals surface area contributed by atoms with E-state index in [0.29, 0.717) is 24.0 Å². The lowest BCUT2D eigenvalue weighted by atomic mass is 9.93. The van der Waals surface area contributed by atoms with Crippen LogP contribution < -0.4 is 5.32 Å². The van der Waals surface area contributed by atoms with Gasteiger partial charge < -0.3 is 15.2 Å². The van der Waals surface area contributed by atoms with Gasteiger partial charge in [-0.2, -0.15) is 0 Å². The topological polar surface area (TPSA) is 75.6 Å². The Morgan fingerprint density at radius 1 is 1.52 bits per heavy atom. The number of carbonyl (C=O) groups excluding carboxylic acids is 1. The van der Waals surface area contributed by atoms with Gasteiger partial charge in [-0.1, -0.05) is 11.6 Å². The maximum atomic E-state index is 11.9. The number of ether oxygens (including phenoxy) is 1. The van der Waals surface area contributed by atoms with Gasteiger partial charge in [0.1, 0.15) is 6.04 Å². The van der Waals surface area contributed by atoms with Crippen molar-refractivity contribution in [1.29, 1.82) is 0 Å². The third-order valence-corrected chi connectivity index (χ3v) is 4.77. The molecule has 5 nitrogen and oxygen atoms in total. The molecule has 1 aromatic heterocycles. The zero-order chi connectivity index (χ0) is 15.2. The average molecular weight is 332 g/mol. The second-order valence-corrected chi connectivity index (χ2v) is 6.87. The van der Waals surface area contributed by atoms with E-state index in [1.807, 2.05) is 6.07 Å². The number of amides is 1. The van der Waals surface area contributed by atoms with Gasteiger partial charge >= 0.3 is 5.97 Å². The lowest BCUT2D eigenvalue weighted by Gasteiger charge is -2.28. The van der Waals surface area contributed by atoms with Crippen molar-refractivity contribution in [2.75, 3.05) is 13.2 Å². The van der Waals surface area contributed by atoms with Gasteiger partial charge in [0, 0.05) is 23.8 Å². The van der Waals surface area contributed by atoms with Gasteiger partial charge in [0.05, 0.1) is 10.9 Å². The van der Waals surface area contributed by atoms with Crippen LogP contribution in [0.2, 0.25) is 4.34 Å². The van der Waals surface area contributed by atoms with E-state index in [4.69, 9.17) is 16.3 Å². The molecular formula is C14H18ClNO4S. The first-order valence-corrected chi connectivity index (χ1v) is 8.10. The van der Waals surface area contributed by atoms with Crippen LogP contribution in [0.4, 0.5) is 0 Å². The Labute approximate surface area is 132 Å². The molecule has 2 rings (SSSR count). The number of carboxylic acid groups (broad SMARTS) is 1. The van der Waals surface area contributed by atoms with Crippen molar-refractivity contribution in [3.05, 3.63) is 21.3 Å². The molecule has 1 fully saturated rings. The highest BCUT2D eigenvalue weighted by molar-refractivity contribution is 7.16. The van der Waals surface area contributed by atoms with Crippen molar-refractivity contribution < 1.29 is 19.4 Å². The van der Waals surface area contributed by atoms with Crippen LogP contribution in [-0.2, 0) is 20.7 Å². The molecule has 0 aromatic carbocycles. The van der Waals surface area contributed by atoms with E-state index in [0.717, 1.165) is 17.7 Å². The summed E-state index contributed by atoms with van der Waals surface area (Å²) in [4.78, 5) is 24.3. The zero-order valence-electron chi connectivity index (χ0n) is 11.5. The number of aliphatic carboxylic acids is 1. The van der Waals surface area contributed by atoms with Gasteiger partial charge in [-0.15, -0.1) is 11.3 Å². The highest BCUT2D eigenvalue weighted by Crippen LogP contribution is 2.22. The van der Waals surface area contributed by atoms with E-state index < -0.39 is 12.0 Å². The molecule has 2 heterocycles. The number of hydrogen-bond donors (Lipinski definition) is 2. The molecule has 1 amide bonds. The second kappa shape index (κ2) is 7.77. The number of nitrogens with one attached hydrogen (secondary N) is 1. The van der Waals surface area contributed by atoms with Crippen molar-refractivity contribution in [3.63, 3.8) is 0 Å². The largest absolute Gasteiger partial charge is 0.480 e. The molecular weight excluding hydrogens is 314 g/mol. The van der Waals surface area contributed by atoms with Crippen LogP contribution in [0.5, 0.6) is 0 Å². The fraction of sp³-hybridized carbons (Fsp3) is 0.571. The van der Waals surface area contributed by atoms with Gasteiger partial charge in [-0.05, 0) is 31.4 Å². The molecule has 21 heavy (non-hydrogen) atoms. The predicted octanol–water partition coefficient (Wildman–Crippen LogP) is 2.33. The maximum absolute atomic E-state index is 11.9. The van der Waals surface area contributed by atoms with Crippen molar-refractivity contribution in [2.45, 2.75) is 31.7 Å². The van der Waals surface area contributed by atoms with E-state index in [1.165, 1.54) is 11.3 Å². The molecule has 1 aliphatic heterocycles. The van der Waals surface area contributed by atoms with E-state index >= 15 is 0 Å². The minimum Gasteiger partial charge on any atom is -0.480 e. The van der Waals surface area contributed by atoms with E-state index in [-0.39, 0.29) is 18.2 Å². The summed E-state index contributed by atoms with van der Waals surface area (Å²) in [7, 11) is 0. The van der Waals surface area contributed by atoms with Crippen LogP contribution >= 0.6 is 22.9 Å². The summed E-state index contributed by atoms with van der Waals surface area (Å²) in [5.74, 6) is -1.41. The Hall–Kier alpha value is -1.11. The van der Waals surface area contributed by atoms with Crippen LogP contribution in [0.1, 0.15) is 24.1 Å². The molecule has 0 spiro atoms. The Kier molecular flexibility index (Phi) is 6.02. The van der Waals surface area contributed by atoms with Crippen molar-refractivity contribution >= 4 is 34.8 Å². The summed E-state index contributed by atoms with van der Waals surface area (Å²) in [6.45, 7) is 1.05. The number of carboxylic acids is 1. The van der Waals surface area contributed by atoms with E-state index in [9.17, 15) is 14.7 Å². The number of carbonyl (C=O) groups is 2. The fourth-order valence-corrected chi connectivity index (χ4v) is 3.47. The normalized spacial score (nSPS) is 20.0. The summed E-state index contributed by atoms with van der Waals surface area (Å²) in [6, 6.07) is 2.80. The molecule has 0 saturated carbocycles. The summed E-state index contributed by atoms with van der Waals surface area (Å²) in [5.41, 5.74) is 0. The molecule has 0 bridgehead atoms. The summed E-state index contributed by atoms with van der Waals surface area (Å²) in [6.07, 6.45) is 2.42. The first-order valence-electron chi connectivity index (χ1n) is 6.90. The highest BCUT2D eigenvalue weighted by Gasteiger charge is 2.31. The van der Waals surface area contributed by atoms with Crippen molar-refractivity contribution in [2.24, 2.45) is 5.92 Å². The minimum absolute atomic E-state index is 0.156. The molecule has 0 aliphatic carbocycles. The molecule has 2 atom stereocenters. The lowest BCUT2D eigenvalue weighted by molar-refractivity contribution is -0.145. The Balaban J connectivity index is 1.84. The summed E-state index contributed by atoms with van der Waals surface area (Å²) < 4.78 is 5.99. The number of aryl methyl sites for hydroxylation is 1. The average Bonchev–Trinajstić information content (AvgIpc) is 2.89. The first-order chi connectivity index (χ1) is 10.1. The van der Waals surface area contributed by atoms with Crippen LogP contribution in [-0.4, -0.2) is 36.2 Å². The second-order valence-electron chi connectivity index (χ2n) is 5.07. The number of hydrogen-bond acceptors (Lipinski definition) is 4. The molecule has 1 saturated heterocycles. The van der Waals surface area contributed by atoms with Crippen LogP contribution in [0.25, 0.3) is 0 Å². The first kappa shape index (κ1) is 16.3. The molecule has 1 aliphatic rings. The minimum atomic E-state index is -1.00. The molecule has 7 heteroatoms. The summed E-state index contributed by atoms with van der Waals surface area (Å²) >= 11 is 7.26. The quantitative estimate of drug-likeness (QED) is 0.839. The molecule has 116 valence electrons. The molecule has 1 aromatic rings. The predicted molar refractivity (Wildman–Crippen MR) is 80.8 cm³/mol. The monoisotopic (exact) mass is 331 g/mol. The summed E-state index contributed by atoms with van der Waals surface area (Å²) in [5, 5.41) is 11.9. The molecule has 2 N–H and O–H groups in total. The SMILES string of the molecule is O=C(CCc1ccc(Cl)s1)NC(C(=O)O)C1CCCOC1. The van der Waals surface area contributed by atoms with Crippen molar-refractivity contribution in [1.82, 2.24) is 5.32 Å². The van der Waals surface area contributed by atoms with Gasteiger partial charge in [0.2, 0.25) is 5.91 Å².